The SMILES string of the molecule is COC(=O)c1ccc(N=Cc2cccn2-c2ccc(C(=O)O)cc2)cc1. The summed E-state index contributed by atoms with van der Waals surface area (Å²) in [6.07, 6.45) is 3.58. The molecule has 0 radical (unpaired) electrons. The molecule has 0 aliphatic rings. The van der Waals surface area contributed by atoms with Crippen LogP contribution in [0, 0.1) is 0 Å². The Morgan fingerprint density at radius 2 is 1.65 bits per heavy atom. The molecule has 3 aromatic rings. The number of methoxy groups -OCH3 is 1. The summed E-state index contributed by atoms with van der Waals surface area (Å²) in [6, 6.07) is 17.2. The van der Waals surface area contributed by atoms with Crippen molar-refractivity contribution in [2.75, 3.05) is 7.11 Å². The van der Waals surface area contributed by atoms with E-state index in [4.69, 9.17) is 5.11 Å². The first-order valence-electron chi connectivity index (χ1n) is 7.82. The Morgan fingerprint density at radius 1 is 1.00 bits per heavy atom. The number of aromatic carboxylic acids is 1. The molecule has 0 bridgehead atoms. The molecule has 0 amide bonds. The van der Waals surface area contributed by atoms with Crippen molar-refractivity contribution in [3.05, 3.63) is 83.7 Å². The molecule has 0 spiro atoms. The van der Waals surface area contributed by atoms with Gasteiger partial charge in [-0.1, -0.05) is 0 Å². The second-order valence-corrected chi connectivity index (χ2v) is 5.45. The number of carbonyl (C=O) groups excluding carboxylic acids is 1. The summed E-state index contributed by atoms with van der Waals surface area (Å²) in [5.41, 5.74) is 3.08. The van der Waals surface area contributed by atoms with Crippen LogP contribution in [0.2, 0.25) is 0 Å². The number of esters is 1. The summed E-state index contributed by atoms with van der Waals surface area (Å²) in [5.74, 6) is -1.35. The summed E-state index contributed by atoms with van der Waals surface area (Å²) in [7, 11) is 1.34. The van der Waals surface area contributed by atoms with Gasteiger partial charge in [0.2, 0.25) is 0 Å². The van der Waals surface area contributed by atoms with Crippen molar-refractivity contribution in [1.29, 1.82) is 0 Å². The predicted molar refractivity (Wildman–Crippen MR) is 97.8 cm³/mol. The van der Waals surface area contributed by atoms with Gasteiger partial charge in [-0.25, -0.2) is 9.59 Å². The third-order valence-electron chi connectivity index (χ3n) is 3.81. The minimum absolute atomic E-state index is 0.238. The van der Waals surface area contributed by atoms with Crippen LogP contribution in [0.1, 0.15) is 26.4 Å². The Kier molecular flexibility index (Phi) is 4.94. The van der Waals surface area contributed by atoms with Crippen LogP contribution in [0.5, 0.6) is 0 Å². The van der Waals surface area contributed by atoms with Crippen LogP contribution >= 0.6 is 0 Å². The predicted octanol–water partition coefficient (Wildman–Crippen LogP) is 3.71. The highest BCUT2D eigenvalue weighted by molar-refractivity contribution is 5.90. The molecule has 0 aliphatic carbocycles. The molecule has 6 nitrogen and oxygen atoms in total. The van der Waals surface area contributed by atoms with Gasteiger partial charge in [0.1, 0.15) is 0 Å². The molecule has 2 aromatic carbocycles. The number of carboxylic acids is 1. The topological polar surface area (TPSA) is 80.9 Å². The van der Waals surface area contributed by atoms with E-state index in [0.29, 0.717) is 11.3 Å². The number of aliphatic imine (C=N–C) groups is 1. The minimum atomic E-state index is -0.957. The number of aromatic nitrogens is 1. The molecular weight excluding hydrogens is 332 g/mol. The summed E-state index contributed by atoms with van der Waals surface area (Å²) in [5, 5.41) is 8.98. The van der Waals surface area contributed by atoms with E-state index in [1.165, 1.54) is 7.11 Å². The second-order valence-electron chi connectivity index (χ2n) is 5.45. The van der Waals surface area contributed by atoms with Crippen LogP contribution in [0.15, 0.2) is 71.9 Å². The summed E-state index contributed by atoms with van der Waals surface area (Å²) < 4.78 is 6.57. The van der Waals surface area contributed by atoms with Crippen molar-refractivity contribution in [2.24, 2.45) is 4.99 Å². The highest BCUT2D eigenvalue weighted by Gasteiger charge is 2.06. The summed E-state index contributed by atoms with van der Waals surface area (Å²) in [6.45, 7) is 0. The van der Waals surface area contributed by atoms with Gasteiger partial charge in [-0.3, -0.25) is 4.99 Å². The first kappa shape index (κ1) is 17.2. The van der Waals surface area contributed by atoms with E-state index in [1.54, 1.807) is 54.7 Å². The van der Waals surface area contributed by atoms with Crippen molar-refractivity contribution in [1.82, 2.24) is 4.57 Å². The molecular formula is C20H16N2O4. The number of hydrogen-bond acceptors (Lipinski definition) is 4. The molecule has 6 heteroatoms. The third kappa shape index (κ3) is 3.70. The highest BCUT2D eigenvalue weighted by atomic mass is 16.5. The smallest absolute Gasteiger partial charge is 0.337 e. The van der Waals surface area contributed by atoms with Gasteiger partial charge >= 0.3 is 11.9 Å². The molecule has 0 aliphatic heterocycles. The van der Waals surface area contributed by atoms with Gasteiger partial charge < -0.3 is 14.4 Å². The van der Waals surface area contributed by atoms with Crippen molar-refractivity contribution < 1.29 is 19.4 Å². The molecule has 0 unspecified atom stereocenters. The molecule has 130 valence electrons. The number of hydrogen-bond donors (Lipinski definition) is 1. The minimum Gasteiger partial charge on any atom is -0.478 e. The van der Waals surface area contributed by atoms with E-state index in [0.717, 1.165) is 11.4 Å². The maximum absolute atomic E-state index is 11.4. The lowest BCUT2D eigenvalue weighted by Gasteiger charge is -2.06. The largest absolute Gasteiger partial charge is 0.478 e. The van der Waals surface area contributed by atoms with E-state index >= 15 is 0 Å². The number of nitrogens with zero attached hydrogens (tertiary/aromatic N) is 2. The normalized spacial score (nSPS) is 10.8. The van der Waals surface area contributed by atoms with Gasteiger partial charge in [0.25, 0.3) is 0 Å². The maximum Gasteiger partial charge on any atom is 0.337 e. The zero-order chi connectivity index (χ0) is 18.5. The summed E-state index contributed by atoms with van der Waals surface area (Å²) >= 11 is 0. The van der Waals surface area contributed by atoms with Crippen molar-refractivity contribution >= 4 is 23.8 Å². The monoisotopic (exact) mass is 348 g/mol. The molecule has 1 heterocycles. The molecule has 0 saturated heterocycles. The van der Waals surface area contributed by atoms with Crippen molar-refractivity contribution in [3.8, 4) is 5.69 Å². The van der Waals surface area contributed by atoms with E-state index in [2.05, 4.69) is 9.73 Å². The van der Waals surface area contributed by atoms with Crippen LogP contribution in [-0.4, -0.2) is 34.9 Å². The van der Waals surface area contributed by atoms with Gasteiger partial charge in [-0.2, -0.15) is 0 Å². The quantitative estimate of drug-likeness (QED) is 0.563. The van der Waals surface area contributed by atoms with Gasteiger partial charge in [-0.15, -0.1) is 0 Å². The Balaban J connectivity index is 1.81. The Hall–Kier alpha value is -3.67. The van der Waals surface area contributed by atoms with Crippen LogP contribution in [0.3, 0.4) is 0 Å². The molecule has 0 atom stereocenters. The summed E-state index contributed by atoms with van der Waals surface area (Å²) in [4.78, 5) is 26.8. The second kappa shape index (κ2) is 7.48. The van der Waals surface area contributed by atoms with Gasteiger partial charge in [0.15, 0.2) is 0 Å². The maximum atomic E-state index is 11.4. The van der Waals surface area contributed by atoms with Gasteiger partial charge in [0.05, 0.1) is 35.8 Å². The molecule has 0 fully saturated rings. The van der Waals surface area contributed by atoms with E-state index in [1.807, 2.05) is 22.9 Å². The molecule has 3 rings (SSSR count). The average molecular weight is 348 g/mol. The van der Waals surface area contributed by atoms with Crippen LogP contribution in [0.25, 0.3) is 5.69 Å². The van der Waals surface area contributed by atoms with Gasteiger partial charge in [0, 0.05) is 11.9 Å². The van der Waals surface area contributed by atoms with Crippen LogP contribution in [-0.2, 0) is 4.74 Å². The fourth-order valence-corrected chi connectivity index (χ4v) is 2.44. The lowest BCUT2D eigenvalue weighted by molar-refractivity contribution is 0.0600. The number of benzene rings is 2. The fourth-order valence-electron chi connectivity index (χ4n) is 2.44. The standard InChI is InChI=1S/C20H16N2O4/c1-26-20(25)15-4-8-16(9-5-15)21-13-18-3-2-12-22(18)17-10-6-14(7-11-17)19(23)24/h2-13H,1H3,(H,23,24). The number of carboxylic acid groups (broad SMARTS) is 1. The van der Waals surface area contributed by atoms with Gasteiger partial charge in [-0.05, 0) is 60.7 Å². The van der Waals surface area contributed by atoms with E-state index in [9.17, 15) is 9.59 Å². The third-order valence-corrected chi connectivity index (χ3v) is 3.81. The molecule has 1 N–H and O–H groups in total. The fraction of sp³-hybridized carbons (Fsp3) is 0.0500. The lowest BCUT2D eigenvalue weighted by Crippen LogP contribution is -2.00. The molecule has 0 saturated carbocycles. The number of rotatable bonds is 5. The zero-order valence-electron chi connectivity index (χ0n) is 14.0. The van der Waals surface area contributed by atoms with E-state index in [-0.39, 0.29) is 11.5 Å². The number of ether oxygens (including phenoxy) is 1. The first-order valence-corrected chi connectivity index (χ1v) is 7.82. The van der Waals surface area contributed by atoms with Crippen molar-refractivity contribution in [3.63, 3.8) is 0 Å². The molecule has 26 heavy (non-hydrogen) atoms. The van der Waals surface area contributed by atoms with Crippen LogP contribution in [0.4, 0.5) is 5.69 Å². The Labute approximate surface area is 150 Å². The lowest BCUT2D eigenvalue weighted by atomic mass is 10.2. The Bertz CT molecular complexity index is 954. The average Bonchev–Trinajstić information content (AvgIpc) is 3.15. The molecule has 1 aromatic heterocycles. The van der Waals surface area contributed by atoms with Crippen LogP contribution < -0.4 is 0 Å². The number of carbonyl (C=O) groups is 2. The van der Waals surface area contributed by atoms with E-state index < -0.39 is 5.97 Å². The Morgan fingerprint density at radius 3 is 2.27 bits per heavy atom. The van der Waals surface area contributed by atoms with Crippen molar-refractivity contribution in [2.45, 2.75) is 0 Å². The zero-order valence-corrected chi connectivity index (χ0v) is 14.0. The highest BCUT2D eigenvalue weighted by Crippen LogP contribution is 2.16. The first-order chi connectivity index (χ1) is 12.6.